The third kappa shape index (κ3) is 15.3. The van der Waals surface area contributed by atoms with Gasteiger partial charge in [0.2, 0.25) is 0 Å². The molecule has 0 saturated heterocycles. The van der Waals surface area contributed by atoms with Crippen molar-refractivity contribution >= 4 is 6.16 Å². The predicted molar refractivity (Wildman–Crippen MR) is 73.7 cm³/mol. The molecule has 0 spiro atoms. The molecule has 126 valence electrons. The van der Waals surface area contributed by atoms with Crippen LogP contribution in [0.3, 0.4) is 0 Å². The first-order valence-electron chi connectivity index (χ1n) is 6.81. The van der Waals surface area contributed by atoms with Gasteiger partial charge in [-0.05, 0) is 0 Å². The van der Waals surface area contributed by atoms with E-state index in [1.54, 1.807) is 14.2 Å². The van der Waals surface area contributed by atoms with Crippen LogP contribution in [-0.4, -0.2) is 84.4 Å². The van der Waals surface area contributed by atoms with Crippen molar-refractivity contribution in [3.63, 3.8) is 0 Å². The molecule has 1 N–H and O–H groups in total. The minimum absolute atomic E-state index is 0.0151. The molecule has 1 unspecified atom stereocenters. The molecule has 0 bridgehead atoms. The Bertz CT molecular complexity index is 236. The van der Waals surface area contributed by atoms with Crippen molar-refractivity contribution in [1.29, 1.82) is 0 Å². The van der Waals surface area contributed by atoms with Gasteiger partial charge >= 0.3 is 6.16 Å². The summed E-state index contributed by atoms with van der Waals surface area (Å²) in [5.74, 6) is 0. The number of hydrogen-bond acceptors (Lipinski definition) is 7. The summed E-state index contributed by atoms with van der Waals surface area (Å²) in [4.78, 5) is 10.3. The minimum atomic E-state index is -1.31. The average Bonchev–Trinajstić information content (AvgIpc) is 2.47. The van der Waals surface area contributed by atoms with Crippen molar-refractivity contribution in [2.75, 3.05) is 67.1 Å². The maximum absolute atomic E-state index is 10.3. The Balaban J connectivity index is 3.51. The first-order chi connectivity index (χ1) is 10.2. The van der Waals surface area contributed by atoms with E-state index in [1.807, 2.05) is 0 Å². The zero-order chi connectivity index (χ0) is 15.8. The highest BCUT2D eigenvalue weighted by Crippen LogP contribution is 2.01. The van der Waals surface area contributed by atoms with Crippen LogP contribution in [0.5, 0.6) is 0 Å². The lowest BCUT2D eigenvalue weighted by atomic mass is 10.3. The van der Waals surface area contributed by atoms with E-state index in [1.165, 1.54) is 0 Å². The average molecular weight is 310 g/mol. The van der Waals surface area contributed by atoms with Crippen molar-refractivity contribution in [1.82, 2.24) is 0 Å². The maximum atomic E-state index is 10.3. The van der Waals surface area contributed by atoms with Crippen LogP contribution in [0.2, 0.25) is 0 Å². The Morgan fingerprint density at radius 3 is 2.05 bits per heavy atom. The highest BCUT2D eigenvalue weighted by Gasteiger charge is 2.11. The summed E-state index contributed by atoms with van der Waals surface area (Å²) in [6.07, 6.45) is -1.09. The number of rotatable bonds is 15. The van der Waals surface area contributed by atoms with Crippen molar-refractivity contribution in [2.45, 2.75) is 12.5 Å². The van der Waals surface area contributed by atoms with Gasteiger partial charge in [0.25, 0.3) is 0 Å². The van der Waals surface area contributed by atoms with Crippen molar-refractivity contribution < 1.29 is 38.3 Å². The summed E-state index contributed by atoms with van der Waals surface area (Å²) in [5.41, 5.74) is 0. The normalized spacial score (nSPS) is 12.3. The fourth-order valence-electron chi connectivity index (χ4n) is 1.37. The lowest BCUT2D eigenvalue weighted by Crippen LogP contribution is -2.25. The molecule has 21 heavy (non-hydrogen) atoms. The molecular formula is C13H26O8. The van der Waals surface area contributed by atoms with Gasteiger partial charge in [0, 0.05) is 27.2 Å². The topological polar surface area (TPSA) is 92.7 Å². The van der Waals surface area contributed by atoms with Gasteiger partial charge in [0.05, 0.1) is 45.7 Å². The molecule has 0 aliphatic carbocycles. The summed E-state index contributed by atoms with van der Waals surface area (Å²) in [6.45, 7) is 3.30. The van der Waals surface area contributed by atoms with Crippen molar-refractivity contribution in [2.24, 2.45) is 0 Å². The highest BCUT2D eigenvalue weighted by atomic mass is 16.7. The number of hydrogen-bond donors (Lipinski definition) is 1. The second-order valence-corrected chi connectivity index (χ2v) is 4.07. The van der Waals surface area contributed by atoms with Gasteiger partial charge in [0.1, 0.15) is 6.61 Å². The van der Waals surface area contributed by atoms with E-state index < -0.39 is 6.16 Å². The molecule has 0 saturated carbocycles. The third-order valence-corrected chi connectivity index (χ3v) is 2.42. The van der Waals surface area contributed by atoms with Crippen LogP contribution in [0.15, 0.2) is 0 Å². The molecule has 0 aliphatic heterocycles. The molecule has 0 radical (unpaired) electrons. The summed E-state index contributed by atoms with van der Waals surface area (Å²) in [7, 11) is 3.19. The summed E-state index contributed by atoms with van der Waals surface area (Å²) >= 11 is 0. The zero-order valence-electron chi connectivity index (χ0n) is 12.7. The fourth-order valence-corrected chi connectivity index (χ4v) is 1.37. The first-order valence-corrected chi connectivity index (χ1v) is 6.81. The molecule has 0 aromatic heterocycles. The second kappa shape index (κ2) is 15.5. The van der Waals surface area contributed by atoms with E-state index >= 15 is 0 Å². The lowest BCUT2D eigenvalue weighted by Gasteiger charge is -2.16. The van der Waals surface area contributed by atoms with Gasteiger partial charge in [-0.15, -0.1) is 0 Å². The van der Waals surface area contributed by atoms with Crippen molar-refractivity contribution in [3.05, 3.63) is 0 Å². The number of methoxy groups -OCH3 is 2. The molecule has 0 rings (SSSR count). The number of carbonyl (C=O) groups is 1. The van der Waals surface area contributed by atoms with Gasteiger partial charge in [-0.25, -0.2) is 4.79 Å². The SMILES string of the molecule is COCCOCCOCCOC(CCOC)COC(=O)O. The summed E-state index contributed by atoms with van der Waals surface area (Å²) in [6, 6.07) is 0. The standard InChI is InChI=1S/C13H26O8/c1-16-4-3-12(11-21-13(14)15)20-10-9-19-8-7-18-6-5-17-2/h12H,3-11H2,1-2H3,(H,14,15). The Kier molecular flexibility index (Phi) is 14.8. The van der Waals surface area contributed by atoms with Crippen LogP contribution in [0.4, 0.5) is 4.79 Å². The Morgan fingerprint density at radius 1 is 0.905 bits per heavy atom. The molecule has 1 atom stereocenters. The molecule has 0 aliphatic rings. The minimum Gasteiger partial charge on any atom is -0.450 e. The van der Waals surface area contributed by atoms with E-state index in [9.17, 15) is 4.79 Å². The van der Waals surface area contributed by atoms with Crippen LogP contribution in [0.25, 0.3) is 0 Å². The molecule has 0 aromatic rings. The first kappa shape index (κ1) is 20.1. The second-order valence-electron chi connectivity index (χ2n) is 4.07. The van der Waals surface area contributed by atoms with Gasteiger partial charge in [0.15, 0.2) is 0 Å². The van der Waals surface area contributed by atoms with Crippen molar-refractivity contribution in [3.8, 4) is 0 Å². The van der Waals surface area contributed by atoms with E-state index in [0.717, 1.165) is 0 Å². The number of ether oxygens (including phenoxy) is 6. The van der Waals surface area contributed by atoms with Gasteiger partial charge < -0.3 is 33.5 Å². The lowest BCUT2D eigenvalue weighted by molar-refractivity contribution is -0.0470. The van der Waals surface area contributed by atoms with E-state index in [0.29, 0.717) is 52.7 Å². The molecule has 8 heteroatoms. The fraction of sp³-hybridized carbons (Fsp3) is 0.923. The quantitative estimate of drug-likeness (QED) is 0.350. The van der Waals surface area contributed by atoms with Gasteiger partial charge in [-0.3, -0.25) is 0 Å². The van der Waals surface area contributed by atoms with E-state index in [4.69, 9.17) is 28.8 Å². The molecule has 0 fully saturated rings. The summed E-state index contributed by atoms with van der Waals surface area (Å²) < 4.78 is 30.3. The monoisotopic (exact) mass is 310 g/mol. The van der Waals surface area contributed by atoms with Crippen LogP contribution >= 0.6 is 0 Å². The van der Waals surface area contributed by atoms with E-state index in [2.05, 4.69) is 4.74 Å². The Labute approximate surface area is 125 Å². The van der Waals surface area contributed by atoms with Crippen LogP contribution in [0, 0.1) is 0 Å². The number of carboxylic acid groups (broad SMARTS) is 1. The zero-order valence-corrected chi connectivity index (χ0v) is 12.7. The third-order valence-electron chi connectivity index (χ3n) is 2.42. The molecule has 8 nitrogen and oxygen atoms in total. The Hall–Kier alpha value is -0.930. The van der Waals surface area contributed by atoms with Crippen LogP contribution in [-0.2, 0) is 28.4 Å². The Morgan fingerprint density at radius 2 is 1.48 bits per heavy atom. The predicted octanol–water partition coefficient (Wildman–Crippen LogP) is 0.782. The molecule has 0 aromatic carbocycles. The molecular weight excluding hydrogens is 284 g/mol. The van der Waals surface area contributed by atoms with Crippen LogP contribution < -0.4 is 0 Å². The van der Waals surface area contributed by atoms with Gasteiger partial charge in [-0.2, -0.15) is 0 Å². The highest BCUT2D eigenvalue weighted by molar-refractivity contribution is 5.56. The maximum Gasteiger partial charge on any atom is 0.505 e. The molecule has 0 amide bonds. The van der Waals surface area contributed by atoms with Gasteiger partial charge in [-0.1, -0.05) is 0 Å². The smallest absolute Gasteiger partial charge is 0.450 e. The van der Waals surface area contributed by atoms with E-state index in [-0.39, 0.29) is 12.7 Å². The largest absolute Gasteiger partial charge is 0.505 e. The van der Waals surface area contributed by atoms with Crippen LogP contribution in [0.1, 0.15) is 6.42 Å². The molecule has 0 heterocycles. The summed E-state index contributed by atoms with van der Waals surface area (Å²) in [5, 5.41) is 8.46.